The molecule has 122 valence electrons. The van der Waals surface area contributed by atoms with Gasteiger partial charge in [-0.25, -0.2) is 0 Å². The van der Waals surface area contributed by atoms with Crippen LogP contribution in [0, 0.1) is 5.92 Å². The minimum atomic E-state index is -0.524. The average Bonchev–Trinajstić information content (AvgIpc) is 3.10. The minimum absolute atomic E-state index is 0.175. The summed E-state index contributed by atoms with van der Waals surface area (Å²) in [5.74, 6) is 0.612. The fraction of sp³-hybridized carbons (Fsp3) is 0.750. The highest BCUT2D eigenvalue weighted by Gasteiger charge is 2.24. The van der Waals surface area contributed by atoms with Gasteiger partial charge in [0.25, 0.3) is 5.91 Å². The van der Waals surface area contributed by atoms with E-state index in [2.05, 4.69) is 27.3 Å². The molecule has 0 spiro atoms. The van der Waals surface area contributed by atoms with Crippen LogP contribution < -0.4 is 5.32 Å². The summed E-state index contributed by atoms with van der Waals surface area (Å²) in [6.07, 6.45) is 4.84. The van der Waals surface area contributed by atoms with E-state index in [1.807, 2.05) is 0 Å². The van der Waals surface area contributed by atoms with Gasteiger partial charge in [-0.2, -0.15) is 5.10 Å². The number of amides is 1. The SMILES string of the molecule is CC1CCN(CC(O)CNC(=O)c2n[nH]c3c2CCC3)CC1. The van der Waals surface area contributed by atoms with E-state index < -0.39 is 6.10 Å². The Morgan fingerprint density at radius 2 is 2.23 bits per heavy atom. The topological polar surface area (TPSA) is 81.2 Å². The van der Waals surface area contributed by atoms with Gasteiger partial charge in [0.15, 0.2) is 5.69 Å². The number of aryl methyl sites for hydroxylation is 1. The van der Waals surface area contributed by atoms with Crippen molar-refractivity contribution in [2.45, 2.75) is 45.1 Å². The summed E-state index contributed by atoms with van der Waals surface area (Å²) in [4.78, 5) is 14.5. The molecule has 2 heterocycles. The van der Waals surface area contributed by atoms with Crippen molar-refractivity contribution in [1.29, 1.82) is 0 Å². The van der Waals surface area contributed by atoms with Gasteiger partial charge in [0, 0.05) is 24.3 Å². The number of β-amino-alcohol motifs (C(OH)–C–C–N with tert-alkyl or cyclic N) is 1. The van der Waals surface area contributed by atoms with Crippen LogP contribution in [0.2, 0.25) is 0 Å². The summed E-state index contributed by atoms with van der Waals surface area (Å²) in [5.41, 5.74) is 2.65. The number of likely N-dealkylation sites (tertiary alicyclic amines) is 1. The Morgan fingerprint density at radius 1 is 1.45 bits per heavy atom. The van der Waals surface area contributed by atoms with E-state index in [-0.39, 0.29) is 12.5 Å². The van der Waals surface area contributed by atoms with Gasteiger partial charge in [-0.05, 0) is 51.1 Å². The maximum absolute atomic E-state index is 12.2. The Kier molecular flexibility index (Phi) is 4.78. The normalized spacial score (nSPS) is 20.8. The molecule has 1 aliphatic heterocycles. The summed E-state index contributed by atoms with van der Waals surface area (Å²) in [7, 11) is 0. The molecule has 0 radical (unpaired) electrons. The van der Waals surface area contributed by atoms with E-state index in [1.165, 1.54) is 12.8 Å². The predicted molar refractivity (Wildman–Crippen MR) is 83.8 cm³/mol. The molecule has 1 unspecified atom stereocenters. The molecule has 1 aromatic rings. The van der Waals surface area contributed by atoms with E-state index in [9.17, 15) is 9.90 Å². The largest absolute Gasteiger partial charge is 0.390 e. The number of fused-ring (bicyclic) bond motifs is 1. The van der Waals surface area contributed by atoms with Crippen LogP contribution >= 0.6 is 0 Å². The Morgan fingerprint density at radius 3 is 3.00 bits per heavy atom. The molecule has 2 aliphatic rings. The average molecular weight is 306 g/mol. The lowest BCUT2D eigenvalue weighted by molar-refractivity contribution is 0.0792. The van der Waals surface area contributed by atoms with Gasteiger partial charge in [-0.15, -0.1) is 0 Å². The number of H-pyrrole nitrogens is 1. The number of piperidine rings is 1. The van der Waals surface area contributed by atoms with Gasteiger partial charge in [0.1, 0.15) is 0 Å². The van der Waals surface area contributed by atoms with Crippen molar-refractivity contribution < 1.29 is 9.90 Å². The Bertz CT molecular complexity index is 520. The number of aliphatic hydroxyl groups is 1. The number of hydrogen-bond donors (Lipinski definition) is 3. The fourth-order valence-corrected chi connectivity index (χ4v) is 3.41. The van der Waals surface area contributed by atoms with Gasteiger partial charge in [0.2, 0.25) is 0 Å². The molecule has 0 aromatic carbocycles. The van der Waals surface area contributed by atoms with E-state index >= 15 is 0 Å². The molecule has 1 saturated heterocycles. The zero-order valence-electron chi connectivity index (χ0n) is 13.3. The van der Waals surface area contributed by atoms with Crippen molar-refractivity contribution in [3.63, 3.8) is 0 Å². The Hall–Kier alpha value is -1.40. The van der Waals surface area contributed by atoms with Gasteiger partial charge in [0.05, 0.1) is 6.10 Å². The van der Waals surface area contributed by atoms with Crippen LogP contribution in [0.4, 0.5) is 0 Å². The lowest BCUT2D eigenvalue weighted by Gasteiger charge is -2.31. The van der Waals surface area contributed by atoms with E-state index in [0.29, 0.717) is 12.2 Å². The number of rotatable bonds is 5. The smallest absolute Gasteiger partial charge is 0.272 e. The molecule has 6 heteroatoms. The first-order chi connectivity index (χ1) is 10.6. The number of nitrogens with zero attached hydrogens (tertiary/aromatic N) is 2. The Balaban J connectivity index is 1.44. The second-order valence-corrected chi connectivity index (χ2v) is 6.73. The van der Waals surface area contributed by atoms with Crippen molar-refractivity contribution in [3.05, 3.63) is 17.0 Å². The van der Waals surface area contributed by atoms with Crippen LogP contribution in [-0.4, -0.2) is 58.4 Å². The van der Waals surface area contributed by atoms with Crippen LogP contribution in [0.3, 0.4) is 0 Å². The van der Waals surface area contributed by atoms with Crippen LogP contribution in [0.25, 0.3) is 0 Å². The number of nitrogens with one attached hydrogen (secondary N) is 2. The van der Waals surface area contributed by atoms with Gasteiger partial charge in [-0.3, -0.25) is 9.89 Å². The standard InChI is InChI=1S/C16H26N4O2/c1-11-5-7-20(8-6-11)10-12(21)9-17-16(22)15-13-3-2-4-14(13)18-19-15/h11-12,21H,2-10H2,1H3,(H,17,22)(H,18,19). The summed E-state index contributed by atoms with van der Waals surface area (Å²) in [5, 5.41) is 20.0. The first-order valence-electron chi connectivity index (χ1n) is 8.38. The summed E-state index contributed by atoms with van der Waals surface area (Å²) < 4.78 is 0. The zero-order chi connectivity index (χ0) is 15.5. The van der Waals surface area contributed by atoms with Crippen LogP contribution in [-0.2, 0) is 12.8 Å². The molecule has 6 nitrogen and oxygen atoms in total. The zero-order valence-corrected chi connectivity index (χ0v) is 13.3. The van der Waals surface area contributed by atoms with Gasteiger partial charge >= 0.3 is 0 Å². The monoisotopic (exact) mass is 306 g/mol. The van der Waals surface area contributed by atoms with Crippen molar-refractivity contribution in [1.82, 2.24) is 20.4 Å². The number of carbonyl (C=O) groups is 1. The second-order valence-electron chi connectivity index (χ2n) is 6.73. The van der Waals surface area contributed by atoms with Crippen LogP contribution in [0.1, 0.15) is 47.9 Å². The number of carbonyl (C=O) groups excluding carboxylic acids is 1. The highest BCUT2D eigenvalue weighted by molar-refractivity contribution is 5.94. The maximum atomic E-state index is 12.2. The van der Waals surface area contributed by atoms with Crippen LogP contribution in [0.5, 0.6) is 0 Å². The molecule has 1 amide bonds. The van der Waals surface area contributed by atoms with Crippen molar-refractivity contribution >= 4 is 5.91 Å². The van der Waals surface area contributed by atoms with E-state index in [1.54, 1.807) is 0 Å². The molecular weight excluding hydrogens is 280 g/mol. The number of aromatic amines is 1. The molecule has 1 fully saturated rings. The lowest BCUT2D eigenvalue weighted by Crippen LogP contribution is -2.43. The van der Waals surface area contributed by atoms with Gasteiger partial charge < -0.3 is 15.3 Å². The summed E-state index contributed by atoms with van der Waals surface area (Å²) in [6.45, 7) is 5.27. The van der Waals surface area contributed by atoms with Crippen molar-refractivity contribution in [3.8, 4) is 0 Å². The predicted octanol–water partition coefficient (Wildman–Crippen LogP) is 0.721. The number of aromatic nitrogens is 2. The first-order valence-corrected chi connectivity index (χ1v) is 8.38. The molecule has 0 saturated carbocycles. The highest BCUT2D eigenvalue weighted by Crippen LogP contribution is 2.22. The molecule has 22 heavy (non-hydrogen) atoms. The molecule has 0 bridgehead atoms. The molecular formula is C16H26N4O2. The fourth-order valence-electron chi connectivity index (χ4n) is 3.41. The molecule has 1 atom stereocenters. The maximum Gasteiger partial charge on any atom is 0.272 e. The highest BCUT2D eigenvalue weighted by atomic mass is 16.3. The molecule has 1 aromatic heterocycles. The minimum Gasteiger partial charge on any atom is -0.390 e. The van der Waals surface area contributed by atoms with Crippen LogP contribution in [0.15, 0.2) is 0 Å². The number of hydrogen-bond acceptors (Lipinski definition) is 4. The molecule has 3 rings (SSSR count). The summed E-state index contributed by atoms with van der Waals surface area (Å²) >= 11 is 0. The third-order valence-electron chi connectivity index (χ3n) is 4.86. The third kappa shape index (κ3) is 3.50. The molecule has 1 aliphatic carbocycles. The number of aliphatic hydroxyl groups excluding tert-OH is 1. The quantitative estimate of drug-likeness (QED) is 0.749. The van der Waals surface area contributed by atoms with Crippen molar-refractivity contribution in [2.75, 3.05) is 26.2 Å². The first kappa shape index (κ1) is 15.5. The third-order valence-corrected chi connectivity index (χ3v) is 4.86. The lowest BCUT2D eigenvalue weighted by atomic mass is 9.99. The molecule has 3 N–H and O–H groups in total. The van der Waals surface area contributed by atoms with Gasteiger partial charge in [-0.1, -0.05) is 6.92 Å². The Labute approximate surface area is 131 Å². The van der Waals surface area contributed by atoms with E-state index in [4.69, 9.17) is 0 Å². The summed E-state index contributed by atoms with van der Waals surface area (Å²) in [6, 6.07) is 0. The van der Waals surface area contributed by atoms with Crippen molar-refractivity contribution in [2.24, 2.45) is 5.92 Å². The van der Waals surface area contributed by atoms with E-state index in [0.717, 1.165) is 49.5 Å². The second kappa shape index (κ2) is 6.79.